The van der Waals surface area contributed by atoms with Gasteiger partial charge in [-0.2, -0.15) is 0 Å². The SMILES string of the molecule is C=C(/N=C(\N=C(/C)c1ccccc1)C1=CCCCC1)c1ccc2ccccc2c1-c1ccc(-c2cc(-c3ccccc3)c(-c3ccccc3)c(-c3ccccc3)c2-c2ccccc2)cc1. The van der Waals surface area contributed by atoms with Crippen LogP contribution in [0.5, 0.6) is 0 Å². The first-order chi connectivity index (χ1) is 32.1. The predicted molar refractivity (Wildman–Crippen MR) is 278 cm³/mol. The number of rotatable bonds is 10. The van der Waals surface area contributed by atoms with Crippen molar-refractivity contribution in [1.82, 2.24) is 0 Å². The second-order valence-electron chi connectivity index (χ2n) is 16.8. The number of hydrogen-bond acceptors (Lipinski definition) is 1. The summed E-state index contributed by atoms with van der Waals surface area (Å²) in [5.41, 5.74) is 18.9. The molecule has 1 aliphatic carbocycles. The van der Waals surface area contributed by atoms with Crippen LogP contribution < -0.4 is 0 Å². The maximum atomic E-state index is 5.32. The second kappa shape index (κ2) is 18.8. The Hall–Kier alpha value is -7.94. The van der Waals surface area contributed by atoms with E-state index in [9.17, 15) is 0 Å². The van der Waals surface area contributed by atoms with Gasteiger partial charge in [-0.15, -0.1) is 0 Å². The third-order valence-corrected chi connectivity index (χ3v) is 12.6. The third-order valence-electron chi connectivity index (χ3n) is 12.6. The summed E-state index contributed by atoms with van der Waals surface area (Å²) >= 11 is 0. The Balaban J connectivity index is 1.17. The lowest BCUT2D eigenvalue weighted by Crippen LogP contribution is -2.08. The van der Waals surface area contributed by atoms with Crippen LogP contribution in [0.2, 0.25) is 0 Å². The highest BCUT2D eigenvalue weighted by Gasteiger charge is 2.24. The van der Waals surface area contributed by atoms with Crippen LogP contribution in [0, 0.1) is 0 Å². The van der Waals surface area contributed by atoms with Gasteiger partial charge in [-0.3, -0.25) is 0 Å². The first kappa shape index (κ1) is 41.1. The summed E-state index contributed by atoms with van der Waals surface area (Å²) in [6.45, 7) is 6.74. The molecule has 65 heavy (non-hydrogen) atoms. The van der Waals surface area contributed by atoms with Gasteiger partial charge in [0, 0.05) is 11.3 Å². The zero-order valence-corrected chi connectivity index (χ0v) is 36.8. The maximum absolute atomic E-state index is 5.32. The minimum absolute atomic E-state index is 0.698. The van der Waals surface area contributed by atoms with Crippen LogP contribution in [0.4, 0.5) is 0 Å². The Bertz CT molecular complexity index is 3220. The highest BCUT2D eigenvalue weighted by molar-refractivity contribution is 6.13. The summed E-state index contributed by atoms with van der Waals surface area (Å²) in [5.74, 6) is 0.751. The van der Waals surface area contributed by atoms with Crippen molar-refractivity contribution in [2.24, 2.45) is 9.98 Å². The van der Waals surface area contributed by atoms with Gasteiger partial charge < -0.3 is 0 Å². The molecule has 9 aromatic rings. The number of allylic oxidation sites excluding steroid dienone is 1. The molecular weight excluding hydrogens is 785 g/mol. The largest absolute Gasteiger partial charge is 0.233 e. The van der Waals surface area contributed by atoms with Gasteiger partial charge in [0.25, 0.3) is 0 Å². The van der Waals surface area contributed by atoms with Crippen molar-refractivity contribution in [3.8, 4) is 66.8 Å². The summed E-state index contributed by atoms with van der Waals surface area (Å²) in [5, 5.41) is 2.33. The molecule has 9 aromatic carbocycles. The van der Waals surface area contributed by atoms with Gasteiger partial charge in [0.1, 0.15) is 0 Å². The van der Waals surface area contributed by atoms with Crippen LogP contribution in [0.25, 0.3) is 83.2 Å². The standard InChI is InChI=1S/C63H50N2/c1-44(46-23-9-3-10-24-46)64-63(54-34-19-8-20-35-54)65-45(2)55-42-41-48-27-21-22-36-56(48)59(55)53-39-37-49(38-40-53)58-43-57(47-25-11-4-12-26-47)60(50-28-13-5-14-29-50)62(52-32-17-7-18-33-52)61(58)51-30-15-6-16-31-51/h3-7,9-18,21-34,36-43H,2,8,19-20,35H2,1H3/b64-44+,65-63-. The molecule has 0 amide bonds. The Kier molecular flexibility index (Phi) is 11.9. The van der Waals surface area contributed by atoms with Crippen LogP contribution in [0.3, 0.4) is 0 Å². The van der Waals surface area contributed by atoms with Crippen molar-refractivity contribution < 1.29 is 0 Å². The predicted octanol–water partition coefficient (Wildman–Crippen LogP) is 17.2. The van der Waals surface area contributed by atoms with Crippen molar-refractivity contribution in [3.05, 3.63) is 248 Å². The van der Waals surface area contributed by atoms with E-state index in [2.05, 4.69) is 232 Å². The molecular formula is C63H50N2. The average molecular weight is 835 g/mol. The number of aliphatic imine (C=N–C) groups is 2. The molecule has 10 rings (SSSR count). The molecule has 0 radical (unpaired) electrons. The van der Waals surface area contributed by atoms with E-state index >= 15 is 0 Å². The number of fused-ring (bicyclic) bond motifs is 1. The summed E-state index contributed by atoms with van der Waals surface area (Å²) in [4.78, 5) is 10.5. The molecule has 0 saturated heterocycles. The molecule has 0 N–H and O–H groups in total. The van der Waals surface area contributed by atoms with E-state index in [-0.39, 0.29) is 0 Å². The van der Waals surface area contributed by atoms with Crippen molar-refractivity contribution in [2.75, 3.05) is 0 Å². The van der Waals surface area contributed by atoms with E-state index in [1.165, 1.54) is 67.5 Å². The summed E-state index contributed by atoms with van der Waals surface area (Å²) in [6.07, 6.45) is 6.63. The van der Waals surface area contributed by atoms with Crippen LogP contribution in [0.15, 0.2) is 247 Å². The average Bonchev–Trinajstić information content (AvgIpc) is 3.39. The zero-order chi connectivity index (χ0) is 44.0. The van der Waals surface area contributed by atoms with Crippen LogP contribution in [-0.4, -0.2) is 11.5 Å². The Morgan fingerprint density at radius 2 is 0.908 bits per heavy atom. The van der Waals surface area contributed by atoms with Crippen molar-refractivity contribution in [3.63, 3.8) is 0 Å². The quantitative estimate of drug-likeness (QED) is 0.0969. The normalized spacial score (nSPS) is 13.1. The van der Waals surface area contributed by atoms with Gasteiger partial charge in [-0.25, -0.2) is 9.98 Å². The second-order valence-corrected chi connectivity index (χ2v) is 16.8. The minimum Gasteiger partial charge on any atom is -0.233 e. The van der Waals surface area contributed by atoms with Crippen LogP contribution in [-0.2, 0) is 0 Å². The maximum Gasteiger partial charge on any atom is 0.155 e. The molecule has 0 unspecified atom stereocenters. The lowest BCUT2D eigenvalue weighted by Gasteiger charge is -2.24. The van der Waals surface area contributed by atoms with Crippen molar-refractivity contribution in [1.29, 1.82) is 0 Å². The Morgan fingerprint density at radius 3 is 1.48 bits per heavy atom. The molecule has 0 saturated carbocycles. The Morgan fingerprint density at radius 1 is 0.431 bits per heavy atom. The fourth-order valence-corrected chi connectivity index (χ4v) is 9.40. The fraction of sp³-hybridized carbons (Fsp3) is 0.0794. The lowest BCUT2D eigenvalue weighted by molar-refractivity contribution is 0.716. The zero-order valence-electron chi connectivity index (χ0n) is 36.8. The molecule has 312 valence electrons. The highest BCUT2D eigenvalue weighted by Crippen LogP contribution is 2.50. The van der Waals surface area contributed by atoms with Crippen molar-refractivity contribution in [2.45, 2.75) is 32.6 Å². The summed E-state index contributed by atoms with van der Waals surface area (Å²) < 4.78 is 0. The molecule has 0 aromatic heterocycles. The van der Waals surface area contributed by atoms with E-state index in [1.807, 2.05) is 6.07 Å². The number of amidine groups is 1. The van der Waals surface area contributed by atoms with Gasteiger partial charge >= 0.3 is 0 Å². The molecule has 1 aliphatic rings. The van der Waals surface area contributed by atoms with Gasteiger partial charge in [0.2, 0.25) is 0 Å². The van der Waals surface area contributed by atoms with Crippen LogP contribution in [0.1, 0.15) is 43.7 Å². The molecule has 0 heterocycles. The summed E-state index contributed by atoms with van der Waals surface area (Å²) in [7, 11) is 0. The van der Waals surface area contributed by atoms with E-state index in [4.69, 9.17) is 9.98 Å². The smallest absolute Gasteiger partial charge is 0.155 e. The first-order valence-electron chi connectivity index (χ1n) is 22.7. The number of benzene rings is 9. The van der Waals surface area contributed by atoms with Crippen LogP contribution >= 0.6 is 0 Å². The molecule has 0 aliphatic heterocycles. The van der Waals surface area contributed by atoms with E-state index < -0.39 is 0 Å². The van der Waals surface area contributed by atoms with E-state index in [1.54, 1.807) is 0 Å². The van der Waals surface area contributed by atoms with Gasteiger partial charge in [0.15, 0.2) is 5.84 Å². The Labute approximate surface area is 383 Å². The molecule has 2 heteroatoms. The van der Waals surface area contributed by atoms with Gasteiger partial charge in [0.05, 0.1) is 5.70 Å². The van der Waals surface area contributed by atoms with Gasteiger partial charge in [-0.05, 0) is 127 Å². The number of nitrogens with zero attached hydrogens (tertiary/aromatic N) is 2. The highest BCUT2D eigenvalue weighted by atomic mass is 14.9. The first-order valence-corrected chi connectivity index (χ1v) is 22.7. The van der Waals surface area contributed by atoms with Gasteiger partial charge in [-0.1, -0.05) is 225 Å². The minimum atomic E-state index is 0.698. The molecule has 0 spiro atoms. The number of hydrogen-bond donors (Lipinski definition) is 0. The monoisotopic (exact) mass is 834 g/mol. The summed E-state index contributed by atoms with van der Waals surface area (Å²) in [6, 6.07) is 78.4. The van der Waals surface area contributed by atoms with Crippen molar-refractivity contribution >= 4 is 28.0 Å². The van der Waals surface area contributed by atoms with E-state index in [0.29, 0.717) is 5.70 Å². The third kappa shape index (κ3) is 8.60. The molecule has 0 fully saturated rings. The molecule has 0 atom stereocenters. The fourth-order valence-electron chi connectivity index (χ4n) is 9.40. The topological polar surface area (TPSA) is 24.7 Å². The molecule has 0 bridgehead atoms. The van der Waals surface area contributed by atoms with E-state index in [0.717, 1.165) is 64.0 Å². The molecule has 2 nitrogen and oxygen atoms in total. The lowest BCUT2D eigenvalue weighted by atomic mass is 9.78.